The second kappa shape index (κ2) is 4.98. The van der Waals surface area contributed by atoms with Gasteiger partial charge in [0.05, 0.1) is 0 Å². The Labute approximate surface area is 55.7 Å². The van der Waals surface area contributed by atoms with Crippen molar-refractivity contribution in [3.8, 4) is 0 Å². The number of hydrogen-bond donors (Lipinski definition) is 0. The lowest BCUT2D eigenvalue weighted by Gasteiger charge is -1.92. The van der Waals surface area contributed by atoms with Crippen LogP contribution in [0.5, 0.6) is 0 Å². The Kier molecular flexibility index (Phi) is 4.87. The lowest BCUT2D eigenvalue weighted by molar-refractivity contribution is 1.59. The second-order valence-electron chi connectivity index (χ2n) is 1.50. The maximum atomic E-state index is 3.62. The van der Waals surface area contributed by atoms with Crippen molar-refractivity contribution in [2.45, 2.75) is 13.8 Å². The predicted molar refractivity (Wildman–Crippen MR) is 42.1 cm³/mol. The molecule has 0 amide bonds. The van der Waals surface area contributed by atoms with Crippen molar-refractivity contribution in [3.63, 3.8) is 0 Å². The summed E-state index contributed by atoms with van der Waals surface area (Å²) in [5.41, 5.74) is 0. The molecule has 0 aliphatic rings. The van der Waals surface area contributed by atoms with E-state index in [1.807, 2.05) is 24.8 Å². The molecule has 0 nitrogen and oxygen atoms in total. The van der Waals surface area contributed by atoms with Crippen LogP contribution in [0.3, 0.4) is 0 Å². The second-order valence-corrected chi connectivity index (χ2v) is 2.76. The molecule has 0 spiro atoms. The third-order valence-electron chi connectivity index (χ3n) is 0.835. The van der Waals surface area contributed by atoms with Gasteiger partial charge in [0.1, 0.15) is 0 Å². The van der Waals surface area contributed by atoms with Gasteiger partial charge in [-0.1, -0.05) is 12.2 Å². The minimum absolute atomic E-state index is 1.02. The number of thioether (sulfide) groups is 1. The molecule has 0 atom stereocenters. The van der Waals surface area contributed by atoms with E-state index in [0.717, 1.165) is 5.75 Å². The quantitative estimate of drug-likeness (QED) is 0.527. The van der Waals surface area contributed by atoms with E-state index < -0.39 is 0 Å². The van der Waals surface area contributed by atoms with Crippen molar-refractivity contribution in [2.24, 2.45) is 0 Å². The molecule has 46 valence electrons. The molecule has 0 aliphatic carbocycles. The molecule has 0 aromatic rings. The van der Waals surface area contributed by atoms with E-state index in [1.54, 1.807) is 0 Å². The first-order chi connectivity index (χ1) is 3.81. The molecule has 1 heteroatoms. The van der Waals surface area contributed by atoms with Gasteiger partial charge in [-0.05, 0) is 18.8 Å². The van der Waals surface area contributed by atoms with Crippen LogP contribution in [0.25, 0.3) is 0 Å². The normalized spacial score (nSPS) is 11.5. The van der Waals surface area contributed by atoms with Crippen molar-refractivity contribution < 1.29 is 0 Å². The summed E-state index contributed by atoms with van der Waals surface area (Å²) in [7, 11) is 0. The van der Waals surface area contributed by atoms with Gasteiger partial charge in [0.25, 0.3) is 0 Å². The Bertz CT molecular complexity index is 92.6. The van der Waals surface area contributed by atoms with Gasteiger partial charge in [-0.3, -0.25) is 0 Å². The van der Waals surface area contributed by atoms with Crippen LogP contribution in [0, 0.1) is 0 Å². The SMILES string of the molecule is C=CCSC(C)=CC. The van der Waals surface area contributed by atoms with Gasteiger partial charge in [-0.2, -0.15) is 0 Å². The average Bonchev–Trinajstić information content (AvgIpc) is 1.83. The minimum atomic E-state index is 1.02. The zero-order valence-electron chi connectivity index (χ0n) is 5.48. The van der Waals surface area contributed by atoms with Crippen LogP contribution in [0.1, 0.15) is 13.8 Å². The van der Waals surface area contributed by atoms with Crippen molar-refractivity contribution in [1.82, 2.24) is 0 Å². The first kappa shape index (κ1) is 7.83. The highest BCUT2D eigenvalue weighted by Crippen LogP contribution is 2.12. The van der Waals surface area contributed by atoms with Gasteiger partial charge in [-0.25, -0.2) is 0 Å². The number of allylic oxidation sites excluding steroid dienone is 2. The van der Waals surface area contributed by atoms with E-state index >= 15 is 0 Å². The van der Waals surface area contributed by atoms with Crippen LogP contribution in [0.4, 0.5) is 0 Å². The van der Waals surface area contributed by atoms with Crippen molar-refractivity contribution in [1.29, 1.82) is 0 Å². The van der Waals surface area contributed by atoms with Crippen LogP contribution < -0.4 is 0 Å². The van der Waals surface area contributed by atoms with Crippen LogP contribution in [0.15, 0.2) is 23.6 Å². The zero-order chi connectivity index (χ0) is 6.41. The molecule has 0 saturated carbocycles. The van der Waals surface area contributed by atoms with Gasteiger partial charge in [0, 0.05) is 5.75 Å². The number of hydrogen-bond acceptors (Lipinski definition) is 1. The fourth-order valence-electron chi connectivity index (χ4n) is 0.274. The van der Waals surface area contributed by atoms with Gasteiger partial charge >= 0.3 is 0 Å². The fraction of sp³-hybridized carbons (Fsp3) is 0.429. The highest BCUT2D eigenvalue weighted by atomic mass is 32.2. The van der Waals surface area contributed by atoms with Crippen LogP contribution in [0.2, 0.25) is 0 Å². The molecule has 0 fully saturated rings. The lowest BCUT2D eigenvalue weighted by Crippen LogP contribution is -1.68. The van der Waals surface area contributed by atoms with Gasteiger partial charge in [0.2, 0.25) is 0 Å². The van der Waals surface area contributed by atoms with E-state index in [2.05, 4.69) is 19.6 Å². The highest BCUT2D eigenvalue weighted by Gasteiger charge is 1.81. The summed E-state index contributed by atoms with van der Waals surface area (Å²) in [6.45, 7) is 7.77. The smallest absolute Gasteiger partial charge is 0.0154 e. The largest absolute Gasteiger partial charge is 0.127 e. The third kappa shape index (κ3) is 4.00. The van der Waals surface area contributed by atoms with Crippen LogP contribution in [-0.4, -0.2) is 5.75 Å². The summed E-state index contributed by atoms with van der Waals surface area (Å²) < 4.78 is 0. The highest BCUT2D eigenvalue weighted by molar-refractivity contribution is 8.03. The van der Waals surface area contributed by atoms with Crippen molar-refractivity contribution in [3.05, 3.63) is 23.6 Å². The summed E-state index contributed by atoms with van der Waals surface area (Å²) in [6, 6.07) is 0. The maximum absolute atomic E-state index is 3.62. The molecule has 0 aliphatic heterocycles. The van der Waals surface area contributed by atoms with Crippen LogP contribution in [-0.2, 0) is 0 Å². The molecule has 0 aromatic carbocycles. The van der Waals surface area contributed by atoms with Gasteiger partial charge in [-0.15, -0.1) is 18.3 Å². The molecule has 0 rings (SSSR count). The summed E-state index contributed by atoms with van der Waals surface area (Å²) in [5.74, 6) is 1.02. The molecular weight excluding hydrogens is 116 g/mol. The Morgan fingerprint density at radius 1 is 1.75 bits per heavy atom. The van der Waals surface area contributed by atoms with Crippen molar-refractivity contribution >= 4 is 11.8 Å². The summed E-state index contributed by atoms with van der Waals surface area (Å²) in [4.78, 5) is 1.37. The Balaban J connectivity index is 3.24. The van der Waals surface area contributed by atoms with E-state index in [1.165, 1.54) is 4.91 Å². The number of rotatable bonds is 3. The Hall–Kier alpha value is -0.170. The molecule has 0 saturated heterocycles. The summed E-state index contributed by atoms with van der Waals surface area (Å²) in [5, 5.41) is 0. The molecule has 0 N–H and O–H groups in total. The van der Waals surface area contributed by atoms with E-state index in [9.17, 15) is 0 Å². The van der Waals surface area contributed by atoms with E-state index in [4.69, 9.17) is 0 Å². The Morgan fingerprint density at radius 2 is 2.38 bits per heavy atom. The molecule has 0 bridgehead atoms. The molecular formula is C7H12S. The lowest BCUT2D eigenvalue weighted by atomic mass is 10.6. The average molecular weight is 128 g/mol. The first-order valence-corrected chi connectivity index (χ1v) is 3.66. The maximum Gasteiger partial charge on any atom is 0.0154 e. The molecule has 0 radical (unpaired) electrons. The van der Waals surface area contributed by atoms with E-state index in [0.29, 0.717) is 0 Å². The van der Waals surface area contributed by atoms with E-state index in [-0.39, 0.29) is 0 Å². The van der Waals surface area contributed by atoms with Gasteiger partial charge in [0.15, 0.2) is 0 Å². The van der Waals surface area contributed by atoms with Crippen LogP contribution >= 0.6 is 11.8 Å². The monoisotopic (exact) mass is 128 g/mol. The molecule has 0 aromatic heterocycles. The predicted octanol–water partition coefficient (Wildman–Crippen LogP) is 2.83. The summed E-state index contributed by atoms with van der Waals surface area (Å²) >= 11 is 1.82. The molecule has 8 heavy (non-hydrogen) atoms. The molecule has 0 unspecified atom stereocenters. The molecule has 0 heterocycles. The van der Waals surface area contributed by atoms with Gasteiger partial charge < -0.3 is 0 Å². The standard InChI is InChI=1S/C7H12S/c1-4-6-8-7(3)5-2/h4-5H,1,6H2,2-3H3. The third-order valence-corrected chi connectivity index (χ3v) is 1.93. The minimum Gasteiger partial charge on any atom is -0.127 e. The summed E-state index contributed by atoms with van der Waals surface area (Å²) in [6.07, 6.45) is 4.02. The Morgan fingerprint density at radius 3 is 2.75 bits per heavy atom. The fourth-order valence-corrected chi connectivity index (χ4v) is 0.821. The van der Waals surface area contributed by atoms with Crippen molar-refractivity contribution in [2.75, 3.05) is 5.75 Å². The topological polar surface area (TPSA) is 0 Å². The zero-order valence-corrected chi connectivity index (χ0v) is 6.29. The first-order valence-electron chi connectivity index (χ1n) is 2.68.